The molecule has 10 heteroatoms. The minimum absolute atomic E-state index is 0.250. The van der Waals surface area contributed by atoms with Crippen LogP contribution in [0.5, 0.6) is 11.5 Å². The maximum Gasteiger partial charge on any atom is 0.326 e. The van der Waals surface area contributed by atoms with Crippen molar-refractivity contribution in [1.29, 1.82) is 0 Å². The van der Waals surface area contributed by atoms with Gasteiger partial charge in [0.15, 0.2) is 0 Å². The van der Waals surface area contributed by atoms with Gasteiger partial charge in [0.25, 0.3) is 0 Å². The number of benzene rings is 2. The number of thioether (sulfide) groups is 1. The van der Waals surface area contributed by atoms with Crippen LogP contribution in [0.15, 0.2) is 42.5 Å². The van der Waals surface area contributed by atoms with Crippen molar-refractivity contribution in [2.24, 2.45) is 11.8 Å². The number of rotatable bonds is 8. The number of methoxy groups -OCH3 is 3. The molecule has 0 bridgehead atoms. The van der Waals surface area contributed by atoms with Gasteiger partial charge in [0, 0.05) is 17.7 Å². The van der Waals surface area contributed by atoms with Crippen LogP contribution in [-0.2, 0) is 19.1 Å². The lowest BCUT2D eigenvalue weighted by Crippen LogP contribution is -2.56. The topological polar surface area (TPSA) is 94.2 Å². The number of amides is 2. The lowest BCUT2D eigenvalue weighted by molar-refractivity contribution is -0.152. The number of hydrogen-bond acceptors (Lipinski definition) is 8. The van der Waals surface area contributed by atoms with Crippen molar-refractivity contribution in [1.82, 2.24) is 5.32 Å². The van der Waals surface area contributed by atoms with Gasteiger partial charge in [0.2, 0.25) is 11.8 Å². The summed E-state index contributed by atoms with van der Waals surface area (Å²) >= 11 is 1.52. The third-order valence-corrected chi connectivity index (χ3v) is 7.38. The first-order valence-electron chi connectivity index (χ1n) is 11.0. The quantitative estimate of drug-likeness (QED) is 0.435. The number of nitrogens with one attached hydrogen (secondary N) is 1. The summed E-state index contributed by atoms with van der Waals surface area (Å²) in [7, 11) is 4.29. The molecule has 4 atom stereocenters. The summed E-state index contributed by atoms with van der Waals surface area (Å²) in [5, 5.41) is 3.33. The van der Waals surface area contributed by atoms with Crippen molar-refractivity contribution in [3.8, 4) is 11.5 Å². The SMILES string of the molecule is COC(=O)[C@]1(CCSC)N[C@H](c2ccc(OC)cc2OC)[C@H]2C(=O)N(c3ccc(F)cc3)C(=O)[C@H]21. The average Bonchev–Trinajstić information content (AvgIpc) is 3.36. The number of fused-ring (bicyclic) bond motifs is 1. The van der Waals surface area contributed by atoms with Gasteiger partial charge in [-0.05, 0) is 48.8 Å². The van der Waals surface area contributed by atoms with Gasteiger partial charge >= 0.3 is 5.97 Å². The van der Waals surface area contributed by atoms with Gasteiger partial charge in [-0.2, -0.15) is 11.8 Å². The Morgan fingerprint density at radius 1 is 1.09 bits per heavy atom. The second-order valence-corrected chi connectivity index (χ2v) is 9.41. The van der Waals surface area contributed by atoms with Gasteiger partial charge in [-0.25, -0.2) is 9.29 Å². The molecule has 0 unspecified atom stereocenters. The van der Waals surface area contributed by atoms with E-state index in [1.807, 2.05) is 6.26 Å². The maximum atomic E-state index is 13.8. The van der Waals surface area contributed by atoms with Gasteiger partial charge in [-0.15, -0.1) is 0 Å². The smallest absolute Gasteiger partial charge is 0.326 e. The van der Waals surface area contributed by atoms with Gasteiger partial charge in [-0.3, -0.25) is 19.7 Å². The number of halogens is 1. The Labute approximate surface area is 207 Å². The Hall–Kier alpha value is -3.11. The third kappa shape index (κ3) is 4.04. The summed E-state index contributed by atoms with van der Waals surface area (Å²) < 4.78 is 29.6. The van der Waals surface area contributed by atoms with Gasteiger partial charge < -0.3 is 14.2 Å². The average molecular weight is 503 g/mol. The van der Waals surface area contributed by atoms with E-state index in [-0.39, 0.29) is 12.1 Å². The monoisotopic (exact) mass is 502 g/mol. The first-order chi connectivity index (χ1) is 16.8. The molecule has 2 aliphatic rings. The van der Waals surface area contributed by atoms with Crippen LogP contribution in [0.25, 0.3) is 0 Å². The van der Waals surface area contributed by atoms with E-state index < -0.39 is 47.0 Å². The summed E-state index contributed by atoms with van der Waals surface area (Å²) in [6.45, 7) is 0. The Bertz CT molecular complexity index is 1140. The maximum absolute atomic E-state index is 13.8. The highest BCUT2D eigenvalue weighted by Gasteiger charge is 2.69. The van der Waals surface area contributed by atoms with Crippen molar-refractivity contribution < 1.29 is 33.0 Å². The van der Waals surface area contributed by atoms with Gasteiger partial charge in [-0.1, -0.05) is 6.07 Å². The summed E-state index contributed by atoms with van der Waals surface area (Å²) in [5.74, 6) is -2.46. The molecule has 2 aliphatic heterocycles. The molecule has 0 spiro atoms. The predicted molar refractivity (Wildman–Crippen MR) is 129 cm³/mol. The molecular formula is C25H27FN2O6S. The number of hydrogen-bond donors (Lipinski definition) is 1. The van der Waals surface area contributed by atoms with Crippen molar-refractivity contribution >= 4 is 35.2 Å². The number of nitrogens with zero attached hydrogens (tertiary/aromatic N) is 1. The standard InChI is InChI=1S/C25H27FN2O6S/c1-32-16-9-10-17(18(13-16)33-2)21-19-20(25(27-21,11-12-35-4)24(31)34-3)23(30)28(22(19)29)15-7-5-14(26)6-8-15/h5-10,13,19-21,27H,11-12H2,1-4H3/t19-,20-,21+,25+/m0/s1. The van der Waals surface area contributed by atoms with Crippen LogP contribution in [0.1, 0.15) is 18.0 Å². The second kappa shape index (κ2) is 9.87. The number of anilines is 1. The van der Waals surface area contributed by atoms with Crippen molar-refractivity contribution in [2.45, 2.75) is 18.0 Å². The van der Waals surface area contributed by atoms with Crippen LogP contribution in [0.3, 0.4) is 0 Å². The zero-order valence-corrected chi connectivity index (χ0v) is 20.7. The first kappa shape index (κ1) is 25.0. The molecule has 4 rings (SSSR count). The summed E-state index contributed by atoms with van der Waals surface area (Å²) in [4.78, 5) is 42.0. The zero-order chi connectivity index (χ0) is 25.3. The van der Waals surface area contributed by atoms with Crippen LogP contribution >= 0.6 is 11.8 Å². The van der Waals surface area contributed by atoms with E-state index in [0.29, 0.717) is 22.8 Å². The Kier molecular flexibility index (Phi) is 7.05. The number of ether oxygens (including phenoxy) is 3. The molecule has 2 aromatic carbocycles. The molecule has 0 aliphatic carbocycles. The largest absolute Gasteiger partial charge is 0.497 e. The molecule has 186 valence electrons. The number of carbonyl (C=O) groups is 3. The molecule has 2 heterocycles. The minimum atomic E-state index is -1.43. The summed E-state index contributed by atoms with van der Waals surface area (Å²) in [6.07, 6.45) is 2.17. The van der Waals surface area contributed by atoms with Crippen LogP contribution < -0.4 is 19.7 Å². The predicted octanol–water partition coefficient (Wildman–Crippen LogP) is 2.96. The molecule has 0 aromatic heterocycles. The van der Waals surface area contributed by atoms with E-state index >= 15 is 0 Å². The highest BCUT2D eigenvalue weighted by Crippen LogP contribution is 2.53. The number of esters is 1. The molecule has 2 saturated heterocycles. The molecule has 35 heavy (non-hydrogen) atoms. The van der Waals surface area contributed by atoms with E-state index in [1.165, 1.54) is 57.4 Å². The van der Waals surface area contributed by atoms with E-state index in [1.54, 1.807) is 18.2 Å². The highest BCUT2D eigenvalue weighted by atomic mass is 32.2. The highest BCUT2D eigenvalue weighted by molar-refractivity contribution is 7.98. The second-order valence-electron chi connectivity index (χ2n) is 8.43. The van der Waals surface area contributed by atoms with Crippen molar-refractivity contribution in [3.05, 3.63) is 53.8 Å². The lowest BCUT2D eigenvalue weighted by Gasteiger charge is -2.32. The van der Waals surface area contributed by atoms with Gasteiger partial charge in [0.1, 0.15) is 22.9 Å². The zero-order valence-electron chi connectivity index (χ0n) is 19.9. The fraction of sp³-hybridized carbons (Fsp3) is 0.400. The molecule has 2 aromatic rings. The van der Waals surface area contributed by atoms with Crippen LogP contribution in [0, 0.1) is 17.7 Å². The Morgan fingerprint density at radius 2 is 1.80 bits per heavy atom. The molecule has 2 amide bonds. The van der Waals surface area contributed by atoms with E-state index in [9.17, 15) is 18.8 Å². The minimum Gasteiger partial charge on any atom is -0.497 e. The summed E-state index contributed by atoms with van der Waals surface area (Å²) in [5.41, 5.74) is -0.570. The van der Waals surface area contributed by atoms with Crippen LogP contribution in [0.4, 0.5) is 10.1 Å². The van der Waals surface area contributed by atoms with E-state index in [2.05, 4.69) is 5.32 Å². The molecule has 0 saturated carbocycles. The molecule has 0 radical (unpaired) electrons. The normalized spacial score (nSPS) is 25.5. The van der Waals surface area contributed by atoms with Gasteiger partial charge in [0.05, 0.1) is 38.9 Å². The van der Waals surface area contributed by atoms with Crippen LogP contribution in [0.2, 0.25) is 0 Å². The number of carbonyl (C=O) groups excluding carboxylic acids is 3. The van der Waals surface area contributed by atoms with Crippen molar-refractivity contribution in [2.75, 3.05) is 38.2 Å². The molecule has 8 nitrogen and oxygen atoms in total. The fourth-order valence-corrected chi connectivity index (χ4v) is 5.68. The lowest BCUT2D eigenvalue weighted by atomic mass is 9.77. The Balaban J connectivity index is 1.88. The number of imide groups is 1. The first-order valence-corrected chi connectivity index (χ1v) is 12.4. The molecule has 1 N–H and O–H groups in total. The molecule has 2 fully saturated rings. The fourth-order valence-electron chi connectivity index (χ4n) is 5.15. The Morgan fingerprint density at radius 3 is 2.40 bits per heavy atom. The molecular weight excluding hydrogens is 475 g/mol. The summed E-state index contributed by atoms with van der Waals surface area (Å²) in [6, 6.07) is 9.59. The van der Waals surface area contributed by atoms with Crippen molar-refractivity contribution in [3.63, 3.8) is 0 Å². The van der Waals surface area contributed by atoms with Crippen LogP contribution in [-0.4, -0.2) is 56.7 Å². The third-order valence-electron chi connectivity index (χ3n) is 6.76. The van der Waals surface area contributed by atoms with E-state index in [4.69, 9.17) is 14.2 Å². The van der Waals surface area contributed by atoms with E-state index in [0.717, 1.165) is 4.90 Å².